The van der Waals surface area contributed by atoms with E-state index in [1.165, 1.54) is 25.7 Å². The summed E-state index contributed by atoms with van der Waals surface area (Å²) in [6, 6.07) is 0. The van der Waals surface area contributed by atoms with E-state index in [2.05, 4.69) is 13.8 Å². The van der Waals surface area contributed by atoms with Gasteiger partial charge in [0.1, 0.15) is 13.2 Å². The summed E-state index contributed by atoms with van der Waals surface area (Å²) in [6.07, 6.45) is 10.8. The number of aliphatic carboxylic acids is 1. The molecular weight excluding hydrogens is 478 g/mol. The number of carboxylic acids is 1. The standard InChI is InChI=1S/C28H53NO8/c1-6-8-10-12-14-16-18-25(30)35-22-24(37-26(31)19-17-15-13-11-9-7-2)23-36-28(27(32)33)34-21-20-29(3,4)5/h24,28H,6-23H2,1-5H3/p+1. The predicted molar refractivity (Wildman–Crippen MR) is 143 cm³/mol. The average Bonchev–Trinajstić information content (AvgIpc) is 2.82. The van der Waals surface area contributed by atoms with Crippen LogP contribution in [0.3, 0.4) is 0 Å². The first-order valence-electron chi connectivity index (χ1n) is 14.2. The maximum atomic E-state index is 12.4. The summed E-state index contributed by atoms with van der Waals surface area (Å²) in [4.78, 5) is 36.1. The van der Waals surface area contributed by atoms with E-state index in [1.54, 1.807) is 0 Å². The van der Waals surface area contributed by atoms with Gasteiger partial charge in [0, 0.05) is 12.8 Å². The first-order chi connectivity index (χ1) is 17.6. The number of ether oxygens (including phenoxy) is 4. The van der Waals surface area contributed by atoms with Gasteiger partial charge in [-0.05, 0) is 12.8 Å². The number of hydrogen-bond acceptors (Lipinski definition) is 7. The number of likely N-dealkylation sites (N-methyl/N-ethyl adjacent to an activating group) is 1. The molecule has 0 radical (unpaired) electrons. The second-order valence-corrected chi connectivity index (χ2v) is 10.7. The molecule has 0 aliphatic carbocycles. The van der Waals surface area contributed by atoms with Crippen molar-refractivity contribution in [1.82, 2.24) is 0 Å². The minimum Gasteiger partial charge on any atom is -0.477 e. The van der Waals surface area contributed by atoms with Crippen molar-refractivity contribution in [3.8, 4) is 0 Å². The van der Waals surface area contributed by atoms with Crippen molar-refractivity contribution >= 4 is 17.9 Å². The zero-order valence-corrected chi connectivity index (χ0v) is 24.1. The van der Waals surface area contributed by atoms with Gasteiger partial charge in [-0.1, -0.05) is 78.1 Å². The quantitative estimate of drug-likeness (QED) is 0.0749. The van der Waals surface area contributed by atoms with Gasteiger partial charge < -0.3 is 28.5 Å². The normalized spacial score (nSPS) is 13.2. The van der Waals surface area contributed by atoms with Crippen LogP contribution in [-0.4, -0.2) is 87.4 Å². The number of hydrogen-bond donors (Lipinski definition) is 1. The lowest BCUT2D eigenvalue weighted by Crippen LogP contribution is -2.40. The van der Waals surface area contributed by atoms with Crippen molar-refractivity contribution in [1.29, 1.82) is 0 Å². The number of carboxylic acid groups (broad SMARTS) is 1. The fourth-order valence-electron chi connectivity index (χ4n) is 3.54. The predicted octanol–water partition coefficient (Wildman–Crippen LogP) is 5.09. The van der Waals surface area contributed by atoms with Gasteiger partial charge in [0.05, 0.1) is 34.4 Å². The van der Waals surface area contributed by atoms with Gasteiger partial charge in [-0.3, -0.25) is 9.59 Å². The third kappa shape index (κ3) is 23.2. The molecule has 0 heterocycles. The Morgan fingerprint density at radius 2 is 1.22 bits per heavy atom. The summed E-state index contributed by atoms with van der Waals surface area (Å²) in [7, 11) is 5.91. The Labute approximate surface area is 224 Å². The molecule has 0 spiro atoms. The van der Waals surface area contributed by atoms with Crippen LogP contribution in [0.4, 0.5) is 0 Å². The first kappa shape index (κ1) is 35.3. The van der Waals surface area contributed by atoms with Gasteiger partial charge in [-0.25, -0.2) is 4.79 Å². The molecule has 0 amide bonds. The lowest BCUT2D eigenvalue weighted by molar-refractivity contribution is -0.870. The topological polar surface area (TPSA) is 108 Å². The van der Waals surface area contributed by atoms with Crippen LogP contribution < -0.4 is 0 Å². The fraction of sp³-hybridized carbons (Fsp3) is 0.893. The molecule has 0 aromatic heterocycles. The Bertz CT molecular complexity index is 605. The molecule has 0 rings (SSSR count). The fourth-order valence-corrected chi connectivity index (χ4v) is 3.54. The molecule has 0 aliphatic rings. The first-order valence-corrected chi connectivity index (χ1v) is 14.2. The van der Waals surface area contributed by atoms with E-state index in [1.807, 2.05) is 21.1 Å². The molecule has 0 aromatic rings. The molecule has 9 heteroatoms. The van der Waals surface area contributed by atoms with Crippen LogP contribution in [-0.2, 0) is 33.3 Å². The van der Waals surface area contributed by atoms with Crippen LogP contribution in [0.1, 0.15) is 104 Å². The van der Waals surface area contributed by atoms with Crippen LogP contribution in [0.25, 0.3) is 0 Å². The molecule has 1 N–H and O–H groups in total. The Morgan fingerprint density at radius 1 is 0.703 bits per heavy atom. The van der Waals surface area contributed by atoms with E-state index in [0.29, 0.717) is 17.4 Å². The molecule has 0 aromatic carbocycles. The van der Waals surface area contributed by atoms with Crippen molar-refractivity contribution in [2.24, 2.45) is 0 Å². The molecule has 0 saturated carbocycles. The molecular formula is C28H54NO8+. The van der Waals surface area contributed by atoms with Gasteiger partial charge in [0.15, 0.2) is 6.10 Å². The summed E-state index contributed by atoms with van der Waals surface area (Å²) in [5, 5.41) is 9.45. The highest BCUT2D eigenvalue weighted by Gasteiger charge is 2.25. The number of esters is 2. The number of carbonyl (C=O) groups is 3. The van der Waals surface area contributed by atoms with Crippen LogP contribution >= 0.6 is 0 Å². The summed E-state index contributed by atoms with van der Waals surface area (Å²) < 4.78 is 22.2. The number of quaternary nitrogens is 1. The summed E-state index contributed by atoms with van der Waals surface area (Å²) in [6.45, 7) is 4.68. The van der Waals surface area contributed by atoms with Crippen molar-refractivity contribution in [3.05, 3.63) is 0 Å². The van der Waals surface area contributed by atoms with Crippen molar-refractivity contribution in [2.75, 3.05) is 47.5 Å². The molecule has 218 valence electrons. The van der Waals surface area contributed by atoms with E-state index in [9.17, 15) is 19.5 Å². The maximum Gasteiger partial charge on any atom is 0.361 e. The van der Waals surface area contributed by atoms with E-state index in [-0.39, 0.29) is 32.2 Å². The zero-order chi connectivity index (χ0) is 27.9. The number of rotatable bonds is 25. The Balaban J connectivity index is 4.70. The van der Waals surface area contributed by atoms with Crippen LogP contribution in [0, 0.1) is 0 Å². The number of unbranched alkanes of at least 4 members (excludes halogenated alkanes) is 10. The lowest BCUT2D eigenvalue weighted by atomic mass is 10.1. The largest absolute Gasteiger partial charge is 0.477 e. The lowest BCUT2D eigenvalue weighted by Gasteiger charge is -2.25. The number of nitrogens with zero attached hydrogens (tertiary/aromatic N) is 1. The average molecular weight is 533 g/mol. The minimum absolute atomic E-state index is 0.178. The minimum atomic E-state index is -1.50. The molecule has 2 unspecified atom stereocenters. The molecule has 0 bridgehead atoms. The second kappa shape index (κ2) is 22.3. The zero-order valence-electron chi connectivity index (χ0n) is 24.1. The van der Waals surface area contributed by atoms with Gasteiger partial charge in [-0.15, -0.1) is 0 Å². The number of carbonyl (C=O) groups excluding carboxylic acids is 2. The van der Waals surface area contributed by atoms with Crippen molar-refractivity contribution in [3.63, 3.8) is 0 Å². The summed E-state index contributed by atoms with van der Waals surface area (Å²) in [5.74, 6) is -2.03. The van der Waals surface area contributed by atoms with Crippen molar-refractivity contribution < 1.29 is 42.9 Å². The van der Waals surface area contributed by atoms with E-state index >= 15 is 0 Å². The summed E-state index contributed by atoms with van der Waals surface area (Å²) in [5.41, 5.74) is 0. The monoisotopic (exact) mass is 532 g/mol. The van der Waals surface area contributed by atoms with Gasteiger partial charge in [0.25, 0.3) is 6.29 Å². The maximum absolute atomic E-state index is 12.4. The highest BCUT2D eigenvalue weighted by Crippen LogP contribution is 2.11. The second-order valence-electron chi connectivity index (χ2n) is 10.7. The Kier molecular flexibility index (Phi) is 21.3. The van der Waals surface area contributed by atoms with E-state index in [4.69, 9.17) is 18.9 Å². The molecule has 0 fully saturated rings. The third-order valence-electron chi connectivity index (χ3n) is 5.86. The van der Waals surface area contributed by atoms with Gasteiger partial charge in [0.2, 0.25) is 0 Å². The molecule has 0 saturated heterocycles. The molecule has 37 heavy (non-hydrogen) atoms. The molecule has 2 atom stereocenters. The molecule has 0 aliphatic heterocycles. The highest BCUT2D eigenvalue weighted by atomic mass is 16.7. The van der Waals surface area contributed by atoms with Crippen molar-refractivity contribution in [2.45, 2.75) is 116 Å². The Morgan fingerprint density at radius 3 is 1.73 bits per heavy atom. The third-order valence-corrected chi connectivity index (χ3v) is 5.86. The highest BCUT2D eigenvalue weighted by molar-refractivity contribution is 5.71. The smallest absolute Gasteiger partial charge is 0.361 e. The van der Waals surface area contributed by atoms with Gasteiger partial charge >= 0.3 is 17.9 Å². The van der Waals surface area contributed by atoms with E-state index < -0.39 is 24.3 Å². The SMILES string of the molecule is CCCCCCCCC(=O)OCC(COC(OCC[N+](C)(C)C)C(=O)O)OC(=O)CCCCCCCC. The van der Waals surface area contributed by atoms with Crippen LogP contribution in [0.5, 0.6) is 0 Å². The Hall–Kier alpha value is -1.71. The van der Waals surface area contributed by atoms with E-state index in [0.717, 1.165) is 51.4 Å². The van der Waals surface area contributed by atoms with Gasteiger partial charge in [-0.2, -0.15) is 0 Å². The summed E-state index contributed by atoms with van der Waals surface area (Å²) >= 11 is 0. The molecule has 9 nitrogen and oxygen atoms in total. The van der Waals surface area contributed by atoms with Crippen LogP contribution in [0.2, 0.25) is 0 Å². The van der Waals surface area contributed by atoms with Crippen LogP contribution in [0.15, 0.2) is 0 Å².